The number of aliphatic carboxylic acids is 1. The van der Waals surface area contributed by atoms with E-state index in [0.717, 1.165) is 28.6 Å². The summed E-state index contributed by atoms with van der Waals surface area (Å²) < 4.78 is 68.4. The average molecular weight is 351 g/mol. The molecule has 6 nitrogen and oxygen atoms in total. The number of carbonyl (C=O) groups is 1. The van der Waals surface area contributed by atoms with E-state index in [9.17, 15) is 26.4 Å². The maximum atomic E-state index is 12.9. The molecule has 0 saturated heterocycles. The van der Waals surface area contributed by atoms with Crippen molar-refractivity contribution in [2.45, 2.75) is 17.2 Å². The molecule has 1 aliphatic rings. The predicted molar refractivity (Wildman–Crippen MR) is 73.4 cm³/mol. The van der Waals surface area contributed by atoms with Gasteiger partial charge in [0.05, 0.1) is 10.5 Å². The van der Waals surface area contributed by atoms with Gasteiger partial charge < -0.3 is 9.84 Å². The molecule has 0 aliphatic carbocycles. The van der Waals surface area contributed by atoms with Gasteiger partial charge in [-0.25, -0.2) is 17.5 Å². The Morgan fingerprint density at radius 3 is 2.39 bits per heavy atom. The van der Waals surface area contributed by atoms with Crippen LogP contribution in [0.4, 0.5) is 13.2 Å². The Bertz CT molecular complexity index is 783. The third-order valence-electron chi connectivity index (χ3n) is 3.14. The van der Waals surface area contributed by atoms with Crippen molar-refractivity contribution in [3.8, 4) is 5.75 Å². The summed E-state index contributed by atoms with van der Waals surface area (Å²) in [4.78, 5) is 10.9. The molecule has 1 aromatic carbocycles. The number of hydrogen-bond acceptors (Lipinski definition) is 4. The van der Waals surface area contributed by atoms with Crippen LogP contribution < -0.4 is 4.74 Å². The first-order valence-corrected chi connectivity index (χ1v) is 7.63. The number of ether oxygens (including phenoxy) is 1. The molecular formula is C13H12F3NO5S. The van der Waals surface area contributed by atoms with Crippen molar-refractivity contribution in [1.29, 1.82) is 0 Å². The molecule has 0 radical (unpaired) electrons. The van der Waals surface area contributed by atoms with Gasteiger partial charge in [0.15, 0.2) is 0 Å². The molecule has 0 saturated carbocycles. The van der Waals surface area contributed by atoms with Crippen LogP contribution in [0.1, 0.15) is 5.56 Å². The second-order valence-corrected chi connectivity index (χ2v) is 7.08. The minimum atomic E-state index is -4.91. The third kappa shape index (κ3) is 3.17. The summed E-state index contributed by atoms with van der Waals surface area (Å²) in [5.74, 6) is -2.03. The lowest BCUT2D eigenvalue weighted by Crippen LogP contribution is -2.40. The smallest absolute Gasteiger partial charge is 0.430 e. The fraction of sp³-hybridized carbons (Fsp3) is 0.308. The molecule has 1 N–H and O–H groups in total. The van der Waals surface area contributed by atoms with Gasteiger partial charge in [-0.3, -0.25) is 0 Å². The molecule has 0 fully saturated rings. The summed E-state index contributed by atoms with van der Waals surface area (Å²) in [6, 6.07) is 3.24. The number of rotatable bonds is 3. The van der Waals surface area contributed by atoms with Gasteiger partial charge in [-0.1, -0.05) is 0 Å². The fourth-order valence-electron chi connectivity index (χ4n) is 1.97. The number of hydrogen-bond donors (Lipinski definition) is 1. The lowest BCUT2D eigenvalue weighted by Gasteiger charge is -2.27. The first-order valence-electron chi connectivity index (χ1n) is 6.19. The summed E-state index contributed by atoms with van der Waals surface area (Å²) in [6.45, 7) is 0. The number of alkyl halides is 3. The molecule has 1 aliphatic heterocycles. The summed E-state index contributed by atoms with van der Waals surface area (Å²) in [5.41, 5.74) is -1.06. The van der Waals surface area contributed by atoms with Crippen molar-refractivity contribution in [3.63, 3.8) is 0 Å². The summed E-state index contributed by atoms with van der Waals surface area (Å²) in [5, 5.41) is 8.94. The molecule has 23 heavy (non-hydrogen) atoms. The average Bonchev–Trinajstić information content (AvgIpc) is 2.43. The molecule has 10 heteroatoms. The van der Waals surface area contributed by atoms with Crippen LogP contribution in [0.5, 0.6) is 5.75 Å². The molecule has 1 unspecified atom stereocenters. The van der Waals surface area contributed by atoms with E-state index in [0.29, 0.717) is 0 Å². The van der Waals surface area contributed by atoms with Gasteiger partial charge in [-0.2, -0.15) is 13.2 Å². The van der Waals surface area contributed by atoms with Crippen LogP contribution in [-0.2, 0) is 14.8 Å². The number of carboxylic acid groups (broad SMARTS) is 1. The van der Waals surface area contributed by atoms with Gasteiger partial charge in [-0.05, 0) is 24.3 Å². The highest BCUT2D eigenvalue weighted by Crippen LogP contribution is 2.38. The quantitative estimate of drug-likeness (QED) is 0.897. The summed E-state index contributed by atoms with van der Waals surface area (Å²) in [7, 11) is -1.22. The van der Waals surface area contributed by atoms with Crippen LogP contribution in [0.3, 0.4) is 0 Å². The van der Waals surface area contributed by atoms with Crippen molar-refractivity contribution in [2.24, 2.45) is 0 Å². The van der Waals surface area contributed by atoms with Crippen LogP contribution in [0.15, 0.2) is 28.7 Å². The zero-order chi connectivity index (χ0) is 17.6. The Balaban J connectivity index is 2.58. The molecule has 0 amide bonds. The number of halogens is 3. The highest BCUT2D eigenvalue weighted by atomic mass is 32.2. The molecule has 0 spiro atoms. The van der Waals surface area contributed by atoms with Gasteiger partial charge in [0, 0.05) is 19.7 Å². The highest BCUT2D eigenvalue weighted by Gasteiger charge is 2.48. The zero-order valence-corrected chi connectivity index (χ0v) is 12.8. The number of benzene rings is 1. The van der Waals surface area contributed by atoms with Crippen LogP contribution in [0, 0.1) is 0 Å². The Labute approximate surface area is 129 Å². The second-order valence-electron chi connectivity index (χ2n) is 4.93. The molecule has 126 valence electrons. The number of nitrogens with zero attached hydrogens (tertiary/aromatic N) is 1. The predicted octanol–water partition coefficient (Wildman–Crippen LogP) is 1.73. The van der Waals surface area contributed by atoms with Gasteiger partial charge in [0.2, 0.25) is 16.1 Å². The largest absolute Gasteiger partial charge is 0.478 e. The van der Waals surface area contributed by atoms with Gasteiger partial charge in [0.25, 0.3) is 0 Å². The number of fused-ring (bicyclic) bond motifs is 1. The number of carboxylic acids is 1. The molecule has 1 heterocycles. The Hall–Kier alpha value is -2.07. The minimum Gasteiger partial charge on any atom is -0.478 e. The van der Waals surface area contributed by atoms with Crippen LogP contribution in [0.2, 0.25) is 0 Å². The van der Waals surface area contributed by atoms with Gasteiger partial charge >= 0.3 is 12.1 Å². The lowest BCUT2D eigenvalue weighted by atomic mass is 10.0. The van der Waals surface area contributed by atoms with Crippen molar-refractivity contribution in [3.05, 3.63) is 29.3 Å². The van der Waals surface area contributed by atoms with E-state index in [1.165, 1.54) is 14.1 Å². The van der Waals surface area contributed by atoms with E-state index in [-0.39, 0.29) is 16.2 Å². The Kier molecular flexibility index (Phi) is 4.16. The third-order valence-corrected chi connectivity index (χ3v) is 4.95. The molecule has 2 rings (SSSR count). The number of sulfonamides is 1. The minimum absolute atomic E-state index is 0.0502. The van der Waals surface area contributed by atoms with Crippen molar-refractivity contribution >= 4 is 22.1 Å². The van der Waals surface area contributed by atoms with E-state index in [4.69, 9.17) is 9.84 Å². The molecule has 0 aromatic heterocycles. The van der Waals surface area contributed by atoms with Gasteiger partial charge in [-0.15, -0.1) is 0 Å². The maximum absolute atomic E-state index is 12.9. The SMILES string of the molecule is CN(C)S(=O)(=O)c1ccc2c(c1)C=C(C(=O)O)C(C(F)(F)F)O2. The van der Waals surface area contributed by atoms with Crippen molar-refractivity contribution in [2.75, 3.05) is 14.1 Å². The molecular weight excluding hydrogens is 339 g/mol. The first kappa shape index (κ1) is 17.3. The molecule has 1 atom stereocenters. The standard InChI is InChI=1S/C13H12F3NO5S/c1-17(2)23(20,21)8-3-4-10-7(5-8)6-9(12(18)19)11(22-10)13(14,15)16/h3-6,11H,1-2H3,(H,18,19). The summed E-state index contributed by atoms with van der Waals surface area (Å²) >= 11 is 0. The van der Waals surface area contributed by atoms with Crippen LogP contribution in [-0.4, -0.2) is 50.2 Å². The monoisotopic (exact) mass is 351 g/mol. The van der Waals surface area contributed by atoms with Crippen LogP contribution in [0.25, 0.3) is 6.08 Å². The van der Waals surface area contributed by atoms with Crippen molar-refractivity contribution < 1.29 is 36.2 Å². The maximum Gasteiger partial charge on any atom is 0.430 e. The molecule has 0 bridgehead atoms. The first-order chi connectivity index (χ1) is 10.4. The van der Waals surface area contributed by atoms with Crippen molar-refractivity contribution in [1.82, 2.24) is 4.31 Å². The summed E-state index contributed by atoms with van der Waals surface area (Å²) in [6.07, 6.45) is -6.74. The van der Waals surface area contributed by atoms with E-state index in [1.54, 1.807) is 0 Å². The van der Waals surface area contributed by atoms with Crippen LogP contribution >= 0.6 is 0 Å². The van der Waals surface area contributed by atoms with E-state index < -0.39 is 33.8 Å². The lowest BCUT2D eigenvalue weighted by molar-refractivity contribution is -0.187. The van der Waals surface area contributed by atoms with E-state index in [2.05, 4.69) is 0 Å². The second kappa shape index (κ2) is 5.53. The van der Waals surface area contributed by atoms with E-state index >= 15 is 0 Å². The van der Waals surface area contributed by atoms with Gasteiger partial charge in [0.1, 0.15) is 5.75 Å². The normalized spacial score (nSPS) is 18.2. The zero-order valence-electron chi connectivity index (χ0n) is 12.0. The highest BCUT2D eigenvalue weighted by molar-refractivity contribution is 7.89. The molecule has 1 aromatic rings. The Morgan fingerprint density at radius 1 is 1.30 bits per heavy atom. The fourth-order valence-corrected chi connectivity index (χ4v) is 2.91. The topological polar surface area (TPSA) is 83.9 Å². The Morgan fingerprint density at radius 2 is 1.91 bits per heavy atom. The van der Waals surface area contributed by atoms with E-state index in [1.807, 2.05) is 0 Å².